The van der Waals surface area contributed by atoms with Crippen molar-refractivity contribution in [1.82, 2.24) is 14.1 Å². The molecule has 98 valence electrons. The van der Waals surface area contributed by atoms with E-state index in [1.54, 1.807) is 0 Å². The summed E-state index contributed by atoms with van der Waals surface area (Å²) >= 11 is 0.931. The molecule has 1 atom stereocenters. The normalized spacial score (nSPS) is 18.2. The molecule has 1 saturated carbocycles. The number of hydrogen-bond donors (Lipinski definition) is 2. The van der Waals surface area contributed by atoms with Gasteiger partial charge >= 0.3 is 5.97 Å². The number of hydrogen-bond acceptors (Lipinski definition) is 5. The van der Waals surface area contributed by atoms with Crippen molar-refractivity contribution in [3.05, 3.63) is 11.9 Å². The molecule has 1 unspecified atom stereocenters. The van der Waals surface area contributed by atoms with Gasteiger partial charge in [0.2, 0.25) is 0 Å². The summed E-state index contributed by atoms with van der Waals surface area (Å²) in [5, 5.41) is 11.8. The number of amides is 1. The van der Waals surface area contributed by atoms with Crippen molar-refractivity contribution in [3.8, 4) is 0 Å². The van der Waals surface area contributed by atoms with Gasteiger partial charge in [0.15, 0.2) is 5.69 Å². The van der Waals surface area contributed by atoms with E-state index < -0.39 is 17.9 Å². The zero-order valence-corrected chi connectivity index (χ0v) is 10.7. The van der Waals surface area contributed by atoms with E-state index in [1.807, 2.05) is 0 Å². The molecule has 0 spiro atoms. The fraction of sp³-hybridized carbons (Fsp3) is 0.636. The summed E-state index contributed by atoms with van der Waals surface area (Å²) in [6.45, 7) is 0. The minimum atomic E-state index is -0.974. The van der Waals surface area contributed by atoms with Gasteiger partial charge in [-0.1, -0.05) is 19.3 Å². The fourth-order valence-electron chi connectivity index (χ4n) is 2.33. The van der Waals surface area contributed by atoms with Crippen molar-refractivity contribution < 1.29 is 14.7 Å². The lowest BCUT2D eigenvalue weighted by Crippen LogP contribution is -2.46. The molecule has 2 rings (SSSR count). The van der Waals surface area contributed by atoms with Crippen LogP contribution < -0.4 is 5.32 Å². The number of carboxylic acids is 1. The highest BCUT2D eigenvalue weighted by Gasteiger charge is 2.31. The summed E-state index contributed by atoms with van der Waals surface area (Å²) in [4.78, 5) is 23.0. The van der Waals surface area contributed by atoms with Gasteiger partial charge in [-0.05, 0) is 18.8 Å². The first-order valence-corrected chi connectivity index (χ1v) is 6.72. The van der Waals surface area contributed by atoms with E-state index in [9.17, 15) is 14.7 Å². The minimum absolute atomic E-state index is 0.0202. The second kappa shape index (κ2) is 5.90. The Hall–Kier alpha value is -1.50. The molecule has 0 saturated heterocycles. The smallest absolute Gasteiger partial charge is 0.326 e. The maximum absolute atomic E-state index is 11.8. The van der Waals surface area contributed by atoms with Crippen LogP contribution in [0.4, 0.5) is 0 Å². The number of carbonyl (C=O) groups is 2. The van der Waals surface area contributed by atoms with E-state index in [2.05, 4.69) is 14.1 Å². The van der Waals surface area contributed by atoms with Crippen molar-refractivity contribution in [2.24, 2.45) is 5.92 Å². The van der Waals surface area contributed by atoms with Gasteiger partial charge in [0, 0.05) is 0 Å². The molecular weight excluding hydrogens is 254 g/mol. The molecule has 7 heteroatoms. The molecule has 1 heterocycles. The third-order valence-corrected chi connectivity index (χ3v) is 3.75. The maximum atomic E-state index is 11.8. The number of carbonyl (C=O) groups excluding carboxylic acids is 1. The van der Waals surface area contributed by atoms with E-state index in [4.69, 9.17) is 0 Å². The second-order valence-corrected chi connectivity index (χ2v) is 5.04. The molecule has 1 aromatic heterocycles. The van der Waals surface area contributed by atoms with Gasteiger partial charge in [-0.3, -0.25) is 4.79 Å². The lowest BCUT2D eigenvalue weighted by atomic mass is 9.84. The lowest BCUT2D eigenvalue weighted by Gasteiger charge is -2.27. The predicted molar refractivity (Wildman–Crippen MR) is 65.4 cm³/mol. The van der Waals surface area contributed by atoms with Crippen molar-refractivity contribution in [3.63, 3.8) is 0 Å². The van der Waals surface area contributed by atoms with Gasteiger partial charge in [-0.15, -0.1) is 0 Å². The first kappa shape index (κ1) is 12.9. The fourth-order valence-corrected chi connectivity index (χ4v) is 2.74. The minimum Gasteiger partial charge on any atom is -0.480 e. The Balaban J connectivity index is 2.02. The third kappa shape index (κ3) is 3.04. The largest absolute Gasteiger partial charge is 0.480 e. The highest BCUT2D eigenvalue weighted by molar-refractivity contribution is 6.99. The summed E-state index contributed by atoms with van der Waals surface area (Å²) in [5.41, 5.74) is 0.182. The Morgan fingerprint density at radius 1 is 1.39 bits per heavy atom. The molecule has 1 aromatic rings. The van der Waals surface area contributed by atoms with E-state index >= 15 is 0 Å². The van der Waals surface area contributed by atoms with Crippen LogP contribution in [0.15, 0.2) is 6.20 Å². The van der Waals surface area contributed by atoms with Gasteiger partial charge in [-0.25, -0.2) is 4.79 Å². The highest BCUT2D eigenvalue weighted by atomic mass is 32.1. The average Bonchev–Trinajstić information content (AvgIpc) is 2.90. The van der Waals surface area contributed by atoms with Crippen molar-refractivity contribution >= 4 is 23.6 Å². The molecule has 1 amide bonds. The second-order valence-electron chi connectivity index (χ2n) is 4.48. The third-order valence-electron chi connectivity index (χ3n) is 3.27. The molecular formula is C11H15N3O3S. The van der Waals surface area contributed by atoms with E-state index in [-0.39, 0.29) is 11.6 Å². The summed E-state index contributed by atoms with van der Waals surface area (Å²) < 4.78 is 7.53. The number of rotatable bonds is 4. The molecule has 0 aromatic carbocycles. The van der Waals surface area contributed by atoms with E-state index in [1.165, 1.54) is 6.20 Å². The van der Waals surface area contributed by atoms with Crippen LogP contribution in [-0.4, -0.2) is 31.8 Å². The molecule has 1 aliphatic rings. The Morgan fingerprint density at radius 2 is 2.11 bits per heavy atom. The van der Waals surface area contributed by atoms with Crippen molar-refractivity contribution in [1.29, 1.82) is 0 Å². The number of aromatic nitrogens is 2. The average molecular weight is 269 g/mol. The Bertz CT molecular complexity index is 415. The van der Waals surface area contributed by atoms with Crippen molar-refractivity contribution in [2.45, 2.75) is 38.1 Å². The molecule has 0 radical (unpaired) electrons. The number of carboxylic acid groups (broad SMARTS) is 1. The van der Waals surface area contributed by atoms with Gasteiger partial charge < -0.3 is 10.4 Å². The summed E-state index contributed by atoms with van der Waals surface area (Å²) in [7, 11) is 0. The number of nitrogens with one attached hydrogen (secondary N) is 1. The zero-order valence-electron chi connectivity index (χ0n) is 9.83. The van der Waals surface area contributed by atoms with Crippen LogP contribution in [-0.2, 0) is 4.79 Å². The number of aliphatic carboxylic acids is 1. The highest BCUT2D eigenvalue weighted by Crippen LogP contribution is 2.26. The van der Waals surface area contributed by atoms with Crippen LogP contribution in [0.3, 0.4) is 0 Å². The Labute approximate surface area is 109 Å². The summed E-state index contributed by atoms with van der Waals surface area (Å²) in [6.07, 6.45) is 6.26. The zero-order chi connectivity index (χ0) is 13.0. The van der Waals surface area contributed by atoms with Gasteiger partial charge in [-0.2, -0.15) is 8.75 Å². The molecule has 2 N–H and O–H groups in total. The van der Waals surface area contributed by atoms with E-state index in [0.29, 0.717) is 0 Å². The monoisotopic (exact) mass is 269 g/mol. The SMILES string of the molecule is O=C(NC(C(=O)O)C1CCCCC1)c1cnsn1. The van der Waals surface area contributed by atoms with Gasteiger partial charge in [0.05, 0.1) is 17.9 Å². The predicted octanol–water partition coefficient (Wildman–Crippen LogP) is 1.30. The lowest BCUT2D eigenvalue weighted by molar-refractivity contribution is -0.141. The van der Waals surface area contributed by atoms with Gasteiger partial charge in [0.1, 0.15) is 6.04 Å². The van der Waals surface area contributed by atoms with Crippen LogP contribution in [0.1, 0.15) is 42.6 Å². The number of nitrogens with zero attached hydrogens (tertiary/aromatic N) is 2. The summed E-state index contributed by atoms with van der Waals surface area (Å²) in [5.74, 6) is -1.41. The standard InChI is InChI=1S/C11H15N3O3S/c15-10(8-6-12-18-14-8)13-9(11(16)17)7-4-2-1-3-5-7/h6-7,9H,1-5H2,(H,13,15)(H,16,17). The topological polar surface area (TPSA) is 92.2 Å². The summed E-state index contributed by atoms with van der Waals surface area (Å²) in [6, 6.07) is -0.820. The molecule has 6 nitrogen and oxygen atoms in total. The van der Waals surface area contributed by atoms with Crippen LogP contribution in [0.5, 0.6) is 0 Å². The van der Waals surface area contributed by atoms with Crippen LogP contribution in [0.2, 0.25) is 0 Å². The van der Waals surface area contributed by atoms with E-state index in [0.717, 1.165) is 43.8 Å². The maximum Gasteiger partial charge on any atom is 0.326 e. The Kier molecular flexibility index (Phi) is 4.24. The first-order valence-electron chi connectivity index (χ1n) is 5.99. The van der Waals surface area contributed by atoms with Gasteiger partial charge in [0.25, 0.3) is 5.91 Å². The Morgan fingerprint density at radius 3 is 2.67 bits per heavy atom. The molecule has 0 aliphatic heterocycles. The molecule has 18 heavy (non-hydrogen) atoms. The molecule has 1 aliphatic carbocycles. The van der Waals surface area contributed by atoms with Crippen LogP contribution >= 0.6 is 11.7 Å². The van der Waals surface area contributed by atoms with Crippen LogP contribution in [0.25, 0.3) is 0 Å². The first-order chi connectivity index (χ1) is 8.68. The quantitative estimate of drug-likeness (QED) is 0.859. The van der Waals surface area contributed by atoms with Crippen LogP contribution in [0, 0.1) is 5.92 Å². The molecule has 1 fully saturated rings. The van der Waals surface area contributed by atoms with Crippen molar-refractivity contribution in [2.75, 3.05) is 0 Å². The molecule has 0 bridgehead atoms.